The quantitative estimate of drug-likeness (QED) is 0.505. The summed E-state index contributed by atoms with van der Waals surface area (Å²) in [5.41, 5.74) is 0.681. The lowest BCUT2D eigenvalue weighted by Crippen LogP contribution is -2.38. The molecule has 0 aliphatic carbocycles. The van der Waals surface area contributed by atoms with Crippen molar-refractivity contribution in [2.24, 2.45) is 0 Å². The third-order valence-electron chi connectivity index (χ3n) is 4.18. The van der Waals surface area contributed by atoms with Crippen LogP contribution in [0.3, 0.4) is 0 Å². The van der Waals surface area contributed by atoms with E-state index in [-0.39, 0.29) is 45.0 Å². The molecule has 1 aliphatic rings. The molecule has 0 aromatic heterocycles. The van der Waals surface area contributed by atoms with Crippen LogP contribution < -0.4 is 0 Å². The van der Waals surface area contributed by atoms with Gasteiger partial charge in [-0.25, -0.2) is 0 Å². The summed E-state index contributed by atoms with van der Waals surface area (Å²) in [6, 6.07) is 6.53. The van der Waals surface area contributed by atoms with Gasteiger partial charge >= 0.3 is 5.97 Å². The lowest BCUT2D eigenvalue weighted by Gasteiger charge is -2.23. The van der Waals surface area contributed by atoms with E-state index in [0.29, 0.717) is 17.5 Å². The molecule has 0 unspecified atom stereocenters. The molecule has 0 saturated carbocycles. The van der Waals surface area contributed by atoms with E-state index in [1.54, 1.807) is 24.3 Å². The monoisotopic (exact) mass is 362 g/mol. The van der Waals surface area contributed by atoms with Gasteiger partial charge in [-0.15, -0.1) is 0 Å². The van der Waals surface area contributed by atoms with Gasteiger partial charge in [-0.3, -0.25) is 24.1 Å². The number of methoxy groups -OCH3 is 1. The smallest absolute Gasteiger partial charge is 0.307 e. The number of hydrogen-bond donors (Lipinski definition) is 1. The Kier molecular flexibility index (Phi) is 6.85. The molecule has 26 heavy (non-hydrogen) atoms. The van der Waals surface area contributed by atoms with Gasteiger partial charge in [0.1, 0.15) is 0 Å². The van der Waals surface area contributed by atoms with E-state index in [4.69, 9.17) is 5.11 Å². The van der Waals surface area contributed by atoms with Gasteiger partial charge in [0, 0.05) is 32.7 Å². The molecule has 140 valence electrons. The van der Waals surface area contributed by atoms with Crippen LogP contribution in [0.1, 0.15) is 40.0 Å². The van der Waals surface area contributed by atoms with Crippen LogP contribution in [0.15, 0.2) is 24.3 Å². The molecule has 2 rings (SSSR count). The first-order valence-electron chi connectivity index (χ1n) is 8.40. The second-order valence-corrected chi connectivity index (χ2v) is 5.84. The SMILES string of the molecule is COC(=O)CCN(CCCO)C(=O)CCN1C(=O)c2ccccc2C1=O. The van der Waals surface area contributed by atoms with Crippen molar-refractivity contribution in [2.75, 3.05) is 33.4 Å². The second-order valence-electron chi connectivity index (χ2n) is 5.84. The standard InChI is InChI=1S/C18H22N2O6/c1-26-16(23)8-10-19(9-4-12-21)15(22)7-11-20-17(24)13-5-2-3-6-14(13)18(20)25/h2-3,5-6,21H,4,7-12H2,1H3. The van der Waals surface area contributed by atoms with Crippen molar-refractivity contribution < 1.29 is 29.0 Å². The van der Waals surface area contributed by atoms with Crippen LogP contribution >= 0.6 is 0 Å². The maximum atomic E-state index is 12.4. The van der Waals surface area contributed by atoms with Gasteiger partial charge in [-0.05, 0) is 18.6 Å². The lowest BCUT2D eigenvalue weighted by atomic mass is 10.1. The zero-order valence-corrected chi connectivity index (χ0v) is 14.6. The molecule has 3 amide bonds. The number of rotatable bonds is 9. The Labute approximate surface area is 151 Å². The van der Waals surface area contributed by atoms with Crippen molar-refractivity contribution in [3.8, 4) is 0 Å². The van der Waals surface area contributed by atoms with E-state index in [9.17, 15) is 19.2 Å². The maximum Gasteiger partial charge on any atom is 0.307 e. The van der Waals surface area contributed by atoms with Gasteiger partial charge in [0.05, 0.1) is 24.7 Å². The fourth-order valence-electron chi connectivity index (χ4n) is 2.76. The number of ether oxygens (including phenoxy) is 1. The van der Waals surface area contributed by atoms with Gasteiger partial charge in [0.15, 0.2) is 0 Å². The summed E-state index contributed by atoms with van der Waals surface area (Å²) in [6.45, 7) is 0.335. The summed E-state index contributed by atoms with van der Waals surface area (Å²) in [5.74, 6) is -1.55. The normalized spacial score (nSPS) is 12.9. The molecule has 1 N–H and O–H groups in total. The van der Waals surface area contributed by atoms with Crippen molar-refractivity contribution in [3.63, 3.8) is 0 Å². The number of carbonyl (C=O) groups is 4. The predicted octanol–water partition coefficient (Wildman–Crippen LogP) is 0.447. The molecule has 0 fully saturated rings. The highest BCUT2D eigenvalue weighted by Gasteiger charge is 2.35. The van der Waals surface area contributed by atoms with Crippen molar-refractivity contribution in [1.82, 2.24) is 9.80 Å². The second kappa shape index (κ2) is 9.10. The van der Waals surface area contributed by atoms with Crippen molar-refractivity contribution in [1.29, 1.82) is 0 Å². The summed E-state index contributed by atoms with van der Waals surface area (Å²) in [5, 5.41) is 8.97. The third-order valence-corrected chi connectivity index (χ3v) is 4.18. The van der Waals surface area contributed by atoms with Crippen LogP contribution in [0.2, 0.25) is 0 Å². The minimum Gasteiger partial charge on any atom is -0.469 e. The number of aliphatic hydroxyl groups excluding tert-OH is 1. The van der Waals surface area contributed by atoms with Gasteiger partial charge in [-0.1, -0.05) is 12.1 Å². The first-order chi connectivity index (χ1) is 12.5. The highest BCUT2D eigenvalue weighted by Crippen LogP contribution is 2.22. The summed E-state index contributed by atoms with van der Waals surface area (Å²) in [7, 11) is 1.27. The number of benzene rings is 1. The molecule has 0 spiro atoms. The Balaban J connectivity index is 1.95. The third kappa shape index (κ3) is 4.45. The molecule has 1 aromatic rings. The number of aliphatic hydroxyl groups is 1. The van der Waals surface area contributed by atoms with Crippen LogP contribution in [0.4, 0.5) is 0 Å². The zero-order valence-electron chi connectivity index (χ0n) is 14.6. The number of fused-ring (bicyclic) bond motifs is 1. The fraction of sp³-hybridized carbons (Fsp3) is 0.444. The van der Waals surface area contributed by atoms with Crippen molar-refractivity contribution in [3.05, 3.63) is 35.4 Å². The van der Waals surface area contributed by atoms with Gasteiger partial charge in [-0.2, -0.15) is 0 Å². The summed E-state index contributed by atoms with van der Waals surface area (Å²) >= 11 is 0. The highest BCUT2D eigenvalue weighted by atomic mass is 16.5. The fourth-order valence-corrected chi connectivity index (χ4v) is 2.76. The van der Waals surface area contributed by atoms with Gasteiger partial charge < -0.3 is 14.7 Å². The molecule has 0 saturated heterocycles. The molecule has 1 aromatic carbocycles. The minimum atomic E-state index is -0.438. The molecule has 1 heterocycles. The zero-order chi connectivity index (χ0) is 19.1. The molecule has 0 radical (unpaired) electrons. The average molecular weight is 362 g/mol. The van der Waals surface area contributed by atoms with E-state index < -0.39 is 17.8 Å². The number of esters is 1. The van der Waals surface area contributed by atoms with E-state index in [2.05, 4.69) is 4.74 Å². The molecular weight excluding hydrogens is 340 g/mol. The maximum absolute atomic E-state index is 12.4. The summed E-state index contributed by atoms with van der Waals surface area (Å²) in [4.78, 5) is 50.8. The Morgan fingerprint density at radius 2 is 1.69 bits per heavy atom. The lowest BCUT2D eigenvalue weighted by molar-refractivity contribution is -0.141. The highest BCUT2D eigenvalue weighted by molar-refractivity contribution is 6.21. The van der Waals surface area contributed by atoms with Crippen molar-refractivity contribution >= 4 is 23.7 Å². The molecule has 8 heteroatoms. The van der Waals surface area contributed by atoms with Crippen LogP contribution in [-0.2, 0) is 14.3 Å². The van der Waals surface area contributed by atoms with E-state index in [0.717, 1.165) is 4.90 Å². The van der Waals surface area contributed by atoms with Crippen molar-refractivity contribution in [2.45, 2.75) is 19.3 Å². The Morgan fingerprint density at radius 1 is 1.08 bits per heavy atom. The summed E-state index contributed by atoms with van der Waals surface area (Å²) < 4.78 is 4.57. The first-order valence-corrected chi connectivity index (χ1v) is 8.40. The van der Waals surface area contributed by atoms with E-state index in [1.165, 1.54) is 12.0 Å². The van der Waals surface area contributed by atoms with E-state index >= 15 is 0 Å². The number of nitrogens with zero attached hydrogens (tertiary/aromatic N) is 2. The largest absolute Gasteiger partial charge is 0.469 e. The number of amides is 3. The molecule has 0 bridgehead atoms. The molecule has 0 atom stereocenters. The first kappa shape index (κ1) is 19.6. The molecule has 1 aliphatic heterocycles. The van der Waals surface area contributed by atoms with E-state index in [1.807, 2.05) is 0 Å². The van der Waals surface area contributed by atoms with Crippen LogP contribution in [0.5, 0.6) is 0 Å². The summed E-state index contributed by atoms with van der Waals surface area (Å²) in [6.07, 6.45) is 0.374. The molecular formula is C18H22N2O6. The Hall–Kier alpha value is -2.74. The molecule has 8 nitrogen and oxygen atoms in total. The Morgan fingerprint density at radius 3 is 2.23 bits per heavy atom. The van der Waals surface area contributed by atoms with Crippen LogP contribution in [-0.4, -0.2) is 71.9 Å². The number of hydrogen-bond acceptors (Lipinski definition) is 6. The topological polar surface area (TPSA) is 104 Å². The minimum absolute atomic E-state index is 0.0287. The van der Waals surface area contributed by atoms with Crippen LogP contribution in [0, 0.1) is 0 Å². The predicted molar refractivity (Wildman–Crippen MR) is 91.3 cm³/mol. The average Bonchev–Trinajstić information content (AvgIpc) is 2.90. The Bertz CT molecular complexity index is 668. The number of imide groups is 1. The van der Waals surface area contributed by atoms with Gasteiger partial charge in [0.25, 0.3) is 11.8 Å². The number of carbonyl (C=O) groups excluding carboxylic acids is 4. The van der Waals surface area contributed by atoms with Gasteiger partial charge in [0.2, 0.25) is 5.91 Å². The van der Waals surface area contributed by atoms with Crippen LogP contribution in [0.25, 0.3) is 0 Å².